The number of piperidine rings is 1. The van der Waals surface area contributed by atoms with Crippen LogP contribution in [-0.4, -0.2) is 54.3 Å². The summed E-state index contributed by atoms with van der Waals surface area (Å²) in [5.41, 5.74) is 2.53. The average Bonchev–Trinajstić information content (AvgIpc) is 3.45. The van der Waals surface area contributed by atoms with Gasteiger partial charge in [0.05, 0.1) is 5.56 Å². The van der Waals surface area contributed by atoms with Crippen molar-refractivity contribution >= 4 is 22.8 Å². The Balaban J connectivity index is 1.42. The highest BCUT2D eigenvalue weighted by Gasteiger charge is 2.30. The van der Waals surface area contributed by atoms with E-state index in [1.54, 1.807) is 12.1 Å². The maximum absolute atomic E-state index is 11.3. The van der Waals surface area contributed by atoms with Crippen LogP contribution in [0.15, 0.2) is 72.3 Å². The van der Waals surface area contributed by atoms with E-state index in [0.29, 0.717) is 24.3 Å². The molecule has 5 heteroatoms. The monoisotopic (exact) mass is 484 g/mol. The largest absolute Gasteiger partial charge is 0.489 e. The van der Waals surface area contributed by atoms with E-state index in [2.05, 4.69) is 46.6 Å². The first kappa shape index (κ1) is 24.5. The van der Waals surface area contributed by atoms with Crippen molar-refractivity contribution in [3.8, 4) is 5.75 Å². The van der Waals surface area contributed by atoms with E-state index in [1.165, 1.54) is 49.5 Å². The molecule has 3 aromatic carbocycles. The maximum Gasteiger partial charge on any atom is 0.335 e. The van der Waals surface area contributed by atoms with Crippen molar-refractivity contribution in [1.29, 1.82) is 0 Å². The molecule has 188 valence electrons. The molecule has 5 nitrogen and oxygen atoms in total. The predicted octanol–water partition coefficient (Wildman–Crippen LogP) is 6.00. The Kier molecular flexibility index (Phi) is 7.99. The lowest BCUT2D eigenvalue weighted by Gasteiger charge is -2.39. The molecule has 1 saturated carbocycles. The van der Waals surface area contributed by atoms with Gasteiger partial charge < -0.3 is 15.2 Å². The number of carbonyl (C=O) groups is 1. The van der Waals surface area contributed by atoms with Crippen LogP contribution in [-0.2, 0) is 0 Å². The first-order chi connectivity index (χ1) is 17.7. The molecule has 1 aliphatic carbocycles. The molecule has 0 radical (unpaired) electrons. The smallest absolute Gasteiger partial charge is 0.335 e. The molecule has 0 unspecified atom stereocenters. The van der Waals surface area contributed by atoms with Gasteiger partial charge in [-0.1, -0.05) is 67.4 Å². The SMILES string of the molecule is O=C(O)c1ccc(/C=C(/COc2cccc3ccccc23)CN(C2CCCC2)C2CCNCC2)cc1. The van der Waals surface area contributed by atoms with Crippen LogP contribution in [0.5, 0.6) is 5.75 Å². The molecule has 2 fully saturated rings. The third-order valence-electron chi connectivity index (χ3n) is 7.65. The maximum atomic E-state index is 11.3. The van der Waals surface area contributed by atoms with Crippen molar-refractivity contribution in [3.05, 3.63) is 83.4 Å². The molecule has 0 atom stereocenters. The van der Waals surface area contributed by atoms with Crippen molar-refractivity contribution in [2.75, 3.05) is 26.2 Å². The number of nitrogens with one attached hydrogen (secondary N) is 1. The molecule has 5 rings (SSSR count). The summed E-state index contributed by atoms with van der Waals surface area (Å²) >= 11 is 0. The second-order valence-electron chi connectivity index (χ2n) is 10.1. The highest BCUT2D eigenvalue weighted by molar-refractivity contribution is 5.88. The average molecular weight is 485 g/mol. The summed E-state index contributed by atoms with van der Waals surface area (Å²) in [4.78, 5) is 14.1. The fraction of sp³-hybridized carbons (Fsp3) is 0.387. The number of hydrogen-bond donors (Lipinski definition) is 2. The van der Waals surface area contributed by atoms with E-state index in [4.69, 9.17) is 4.74 Å². The van der Waals surface area contributed by atoms with Gasteiger partial charge in [0.15, 0.2) is 0 Å². The fourth-order valence-corrected chi connectivity index (χ4v) is 5.75. The zero-order valence-electron chi connectivity index (χ0n) is 20.9. The summed E-state index contributed by atoms with van der Waals surface area (Å²) in [6.07, 6.45) is 9.73. The van der Waals surface area contributed by atoms with Gasteiger partial charge in [-0.3, -0.25) is 4.90 Å². The van der Waals surface area contributed by atoms with Crippen LogP contribution in [0.1, 0.15) is 54.4 Å². The normalized spacial score (nSPS) is 17.6. The van der Waals surface area contributed by atoms with Gasteiger partial charge in [0.25, 0.3) is 0 Å². The second kappa shape index (κ2) is 11.7. The molecule has 1 saturated heterocycles. The zero-order valence-corrected chi connectivity index (χ0v) is 20.9. The third kappa shape index (κ3) is 5.97. The lowest BCUT2D eigenvalue weighted by atomic mass is 9.99. The van der Waals surface area contributed by atoms with Gasteiger partial charge in [-0.15, -0.1) is 0 Å². The van der Waals surface area contributed by atoms with E-state index in [9.17, 15) is 9.90 Å². The van der Waals surface area contributed by atoms with Crippen molar-refractivity contribution in [2.24, 2.45) is 0 Å². The molecule has 1 heterocycles. The van der Waals surface area contributed by atoms with Gasteiger partial charge in [-0.05, 0) is 73.5 Å². The Bertz CT molecular complexity index is 1190. The van der Waals surface area contributed by atoms with E-state index in [1.807, 2.05) is 24.3 Å². The van der Waals surface area contributed by atoms with E-state index < -0.39 is 5.97 Å². The topological polar surface area (TPSA) is 61.8 Å². The number of fused-ring (bicyclic) bond motifs is 1. The van der Waals surface area contributed by atoms with Crippen molar-refractivity contribution in [3.63, 3.8) is 0 Å². The molecule has 0 spiro atoms. The number of hydrogen-bond acceptors (Lipinski definition) is 4. The van der Waals surface area contributed by atoms with Crippen LogP contribution < -0.4 is 10.1 Å². The fourth-order valence-electron chi connectivity index (χ4n) is 5.75. The molecule has 1 aliphatic heterocycles. The van der Waals surface area contributed by atoms with Crippen LogP contribution in [0.2, 0.25) is 0 Å². The van der Waals surface area contributed by atoms with Crippen LogP contribution >= 0.6 is 0 Å². The standard InChI is InChI=1S/C31H36N2O3/c34-31(35)26-14-12-23(13-15-26)20-24(22-36-30-11-5-7-25-6-1-4-10-29(25)30)21-33(27-8-2-3-9-27)28-16-18-32-19-17-28/h1,4-7,10-15,20,27-28,32H,2-3,8-9,16-19,21-22H2,(H,34,35)/b24-20+. The van der Waals surface area contributed by atoms with Crippen LogP contribution in [0.25, 0.3) is 16.8 Å². The lowest BCUT2D eigenvalue weighted by molar-refractivity contribution is 0.0697. The highest BCUT2D eigenvalue weighted by atomic mass is 16.5. The molecule has 0 aromatic heterocycles. The van der Waals surface area contributed by atoms with E-state index in [0.717, 1.165) is 36.3 Å². The number of aromatic carboxylic acids is 1. The van der Waals surface area contributed by atoms with Crippen LogP contribution in [0.4, 0.5) is 0 Å². The van der Waals surface area contributed by atoms with Gasteiger partial charge >= 0.3 is 5.97 Å². The van der Waals surface area contributed by atoms with E-state index in [-0.39, 0.29) is 0 Å². The number of ether oxygens (including phenoxy) is 1. The van der Waals surface area contributed by atoms with Gasteiger partial charge in [-0.25, -0.2) is 4.79 Å². The van der Waals surface area contributed by atoms with Crippen molar-refractivity contribution < 1.29 is 14.6 Å². The molecule has 0 amide bonds. The first-order valence-corrected chi connectivity index (χ1v) is 13.3. The Labute approximate surface area is 213 Å². The van der Waals surface area contributed by atoms with Crippen LogP contribution in [0, 0.1) is 0 Å². The zero-order chi connectivity index (χ0) is 24.7. The number of benzene rings is 3. The summed E-state index contributed by atoms with van der Waals surface area (Å²) in [5, 5.41) is 15.1. The Morgan fingerprint density at radius 1 is 0.917 bits per heavy atom. The number of nitrogens with zero attached hydrogens (tertiary/aromatic N) is 1. The minimum absolute atomic E-state index is 0.308. The molecule has 0 bridgehead atoms. The summed E-state index contributed by atoms with van der Waals surface area (Å²) < 4.78 is 6.47. The van der Waals surface area contributed by atoms with Crippen molar-refractivity contribution in [1.82, 2.24) is 10.2 Å². The first-order valence-electron chi connectivity index (χ1n) is 13.3. The quantitative estimate of drug-likeness (QED) is 0.390. The Morgan fingerprint density at radius 2 is 1.61 bits per heavy atom. The molecular formula is C31H36N2O3. The molecular weight excluding hydrogens is 448 g/mol. The number of carboxylic acids is 1. The second-order valence-corrected chi connectivity index (χ2v) is 10.1. The minimum atomic E-state index is -0.900. The summed E-state index contributed by atoms with van der Waals surface area (Å²) in [7, 11) is 0. The van der Waals surface area contributed by atoms with Gasteiger partial charge in [-0.2, -0.15) is 0 Å². The number of rotatable bonds is 9. The number of carboxylic acid groups (broad SMARTS) is 1. The molecule has 3 aromatic rings. The lowest BCUT2D eigenvalue weighted by Crippen LogP contribution is -2.48. The summed E-state index contributed by atoms with van der Waals surface area (Å²) in [6, 6.07) is 22.9. The van der Waals surface area contributed by atoms with Gasteiger partial charge in [0.2, 0.25) is 0 Å². The Morgan fingerprint density at radius 3 is 2.36 bits per heavy atom. The molecule has 2 aliphatic rings. The molecule has 36 heavy (non-hydrogen) atoms. The highest BCUT2D eigenvalue weighted by Crippen LogP contribution is 2.30. The summed E-state index contributed by atoms with van der Waals surface area (Å²) in [5.74, 6) is -0.00198. The summed E-state index contributed by atoms with van der Waals surface area (Å²) in [6.45, 7) is 3.54. The van der Waals surface area contributed by atoms with Crippen molar-refractivity contribution in [2.45, 2.75) is 50.6 Å². The minimum Gasteiger partial charge on any atom is -0.489 e. The third-order valence-corrected chi connectivity index (χ3v) is 7.65. The van der Waals surface area contributed by atoms with Gasteiger partial charge in [0.1, 0.15) is 12.4 Å². The van der Waals surface area contributed by atoms with Crippen LogP contribution in [0.3, 0.4) is 0 Å². The predicted molar refractivity (Wildman–Crippen MR) is 146 cm³/mol. The van der Waals surface area contributed by atoms with E-state index >= 15 is 0 Å². The van der Waals surface area contributed by atoms with Gasteiger partial charge in [0, 0.05) is 24.0 Å². The Hall–Kier alpha value is -3.15. The molecule has 2 N–H and O–H groups in total.